The fraction of sp³-hybridized carbons (Fsp3) is 0.378. The third kappa shape index (κ3) is 10.2. The third-order valence-corrected chi connectivity index (χ3v) is 11.5. The van der Waals surface area contributed by atoms with Crippen molar-refractivity contribution in [3.8, 4) is 6.07 Å². The second-order valence-corrected chi connectivity index (χ2v) is 15.4. The molecule has 13 nitrogen and oxygen atoms in total. The molecule has 3 saturated heterocycles. The molecule has 0 bridgehead atoms. The first kappa shape index (κ1) is 39.9. The molecule has 0 saturated carbocycles. The molecule has 58 heavy (non-hydrogen) atoms. The topological polar surface area (TPSA) is 147 Å². The van der Waals surface area contributed by atoms with Crippen LogP contribution in [0.15, 0.2) is 85.2 Å². The normalized spacial score (nSPS) is 16.9. The first-order valence-corrected chi connectivity index (χ1v) is 20.0. The first-order chi connectivity index (χ1) is 28.2. The molecular formula is C45H47N9O4. The van der Waals surface area contributed by atoms with Gasteiger partial charge in [-0.05, 0) is 92.2 Å². The van der Waals surface area contributed by atoms with E-state index in [1.165, 1.54) is 18.0 Å². The summed E-state index contributed by atoms with van der Waals surface area (Å²) < 4.78 is 0. The van der Waals surface area contributed by atoms with E-state index >= 15 is 0 Å². The number of hydrogen-bond donors (Lipinski definition) is 1. The van der Waals surface area contributed by atoms with Crippen LogP contribution in [0, 0.1) is 23.8 Å². The van der Waals surface area contributed by atoms with E-state index in [0.29, 0.717) is 60.7 Å². The van der Waals surface area contributed by atoms with E-state index in [-0.39, 0.29) is 41.2 Å². The van der Waals surface area contributed by atoms with E-state index in [4.69, 9.17) is 11.8 Å². The van der Waals surface area contributed by atoms with Gasteiger partial charge in [0, 0.05) is 77.2 Å². The predicted octanol–water partition coefficient (Wildman–Crippen LogP) is 5.38. The minimum Gasteiger partial charge on any atom is -0.348 e. The second kappa shape index (κ2) is 18.8. The molecule has 2 aromatic carbocycles. The number of pyridine rings is 2. The van der Waals surface area contributed by atoms with Crippen LogP contribution >= 0.6 is 0 Å². The lowest BCUT2D eigenvalue weighted by atomic mass is 9.90. The van der Waals surface area contributed by atoms with Crippen molar-refractivity contribution in [3.63, 3.8) is 0 Å². The van der Waals surface area contributed by atoms with Gasteiger partial charge >= 0.3 is 0 Å². The average Bonchev–Trinajstić information content (AvgIpc) is 3.28. The van der Waals surface area contributed by atoms with Gasteiger partial charge in [-0.15, -0.1) is 0 Å². The van der Waals surface area contributed by atoms with E-state index < -0.39 is 0 Å². The van der Waals surface area contributed by atoms with Gasteiger partial charge in [0.25, 0.3) is 17.7 Å². The first-order valence-electron chi connectivity index (χ1n) is 20.0. The lowest BCUT2D eigenvalue weighted by Gasteiger charge is -2.34. The second-order valence-electron chi connectivity index (χ2n) is 15.4. The standard InChI is InChI=1S/C45H47N9O4/c1-47-38-10-6-35(7-11-38)31-52-20-16-39(17-21-52)50-43(56)41-13-9-37(29-49-41)45(58)54-24-22-53(23-25-54)44(57)36-8-12-40(48-28-36)42(55)26-32-14-18-51(19-15-32)30-34-4-2-33(27-46)3-5-34/h2-13,28-29,32,39H,14-26,30-31H2,(H,50,56). The number of nitriles is 1. The molecular weight excluding hydrogens is 731 g/mol. The number of ketones is 1. The number of rotatable bonds is 11. The van der Waals surface area contributed by atoms with Gasteiger partial charge in [-0.25, -0.2) is 4.85 Å². The molecule has 0 radical (unpaired) electrons. The number of Topliss-reactive ketones (excluding diaryl/α,β-unsaturated/α-hetero) is 1. The van der Waals surface area contributed by atoms with Crippen LogP contribution in [0.4, 0.5) is 5.69 Å². The summed E-state index contributed by atoms with van der Waals surface area (Å²) in [6.45, 7) is 13.7. The molecule has 13 heteroatoms. The van der Waals surface area contributed by atoms with Gasteiger partial charge in [-0.2, -0.15) is 5.26 Å². The predicted molar refractivity (Wildman–Crippen MR) is 217 cm³/mol. The average molecular weight is 778 g/mol. The highest BCUT2D eigenvalue weighted by molar-refractivity contribution is 5.98. The Kier molecular flexibility index (Phi) is 12.9. The Morgan fingerprint density at radius 1 is 0.672 bits per heavy atom. The Balaban J connectivity index is 0.808. The number of nitrogens with zero attached hydrogens (tertiary/aromatic N) is 8. The Labute approximate surface area is 339 Å². The van der Waals surface area contributed by atoms with Gasteiger partial charge in [0.2, 0.25) is 0 Å². The number of amides is 3. The number of nitrogens with one attached hydrogen (secondary N) is 1. The van der Waals surface area contributed by atoms with E-state index in [1.807, 2.05) is 48.5 Å². The summed E-state index contributed by atoms with van der Waals surface area (Å²) in [6, 6.07) is 24.0. The van der Waals surface area contributed by atoms with Gasteiger partial charge in [-0.3, -0.25) is 38.9 Å². The largest absolute Gasteiger partial charge is 0.348 e. The number of piperidine rings is 2. The monoisotopic (exact) mass is 777 g/mol. The van der Waals surface area contributed by atoms with Crippen molar-refractivity contribution in [1.29, 1.82) is 5.26 Å². The molecule has 0 atom stereocenters. The van der Waals surface area contributed by atoms with Gasteiger partial charge in [0.05, 0.1) is 29.3 Å². The Hall–Kier alpha value is -6.28. The van der Waals surface area contributed by atoms with Crippen LogP contribution in [0.5, 0.6) is 0 Å². The summed E-state index contributed by atoms with van der Waals surface area (Å²) >= 11 is 0. The van der Waals surface area contributed by atoms with Crippen molar-refractivity contribution in [1.82, 2.24) is 34.9 Å². The lowest BCUT2D eigenvalue weighted by Crippen LogP contribution is -2.50. The fourth-order valence-electron chi connectivity index (χ4n) is 7.90. The van der Waals surface area contributed by atoms with Crippen molar-refractivity contribution >= 4 is 29.2 Å². The zero-order valence-electron chi connectivity index (χ0n) is 32.6. The number of benzene rings is 2. The lowest BCUT2D eigenvalue weighted by molar-refractivity contribution is 0.0535. The Morgan fingerprint density at radius 2 is 1.17 bits per heavy atom. The quantitative estimate of drug-likeness (QED) is 0.157. The van der Waals surface area contributed by atoms with Crippen molar-refractivity contribution in [2.75, 3.05) is 52.4 Å². The van der Waals surface area contributed by atoms with Crippen molar-refractivity contribution in [2.45, 2.75) is 51.2 Å². The zero-order chi connectivity index (χ0) is 40.4. The van der Waals surface area contributed by atoms with Crippen LogP contribution in [0.1, 0.15) is 90.5 Å². The van der Waals surface area contributed by atoms with Crippen LogP contribution < -0.4 is 5.32 Å². The number of hydrogen-bond acceptors (Lipinski definition) is 9. The molecule has 296 valence electrons. The highest BCUT2D eigenvalue weighted by atomic mass is 16.2. The highest BCUT2D eigenvalue weighted by Crippen LogP contribution is 2.24. The molecule has 5 heterocycles. The number of likely N-dealkylation sites (tertiary alicyclic amines) is 2. The zero-order valence-corrected chi connectivity index (χ0v) is 32.6. The van der Waals surface area contributed by atoms with Gasteiger partial charge in [0.1, 0.15) is 11.4 Å². The molecule has 1 N–H and O–H groups in total. The number of carbonyl (C=O) groups is 4. The van der Waals surface area contributed by atoms with E-state index in [0.717, 1.165) is 70.5 Å². The Bertz CT molecular complexity index is 2000. The minimum absolute atomic E-state index is 0.0192. The van der Waals surface area contributed by atoms with Crippen molar-refractivity contribution in [2.24, 2.45) is 5.92 Å². The van der Waals surface area contributed by atoms with Gasteiger partial charge in [0.15, 0.2) is 11.5 Å². The number of carbonyl (C=O) groups excluding carboxylic acids is 4. The molecule has 7 rings (SSSR count). The summed E-state index contributed by atoms with van der Waals surface area (Å²) in [7, 11) is 0. The van der Waals surface area contributed by atoms with Crippen molar-refractivity contribution in [3.05, 3.63) is 136 Å². The van der Waals surface area contributed by atoms with Gasteiger partial charge in [-0.1, -0.05) is 36.4 Å². The molecule has 3 aliphatic heterocycles. The smallest absolute Gasteiger partial charge is 0.270 e. The maximum Gasteiger partial charge on any atom is 0.270 e. The maximum atomic E-state index is 13.3. The van der Waals surface area contributed by atoms with Crippen LogP contribution in [0.3, 0.4) is 0 Å². The fourth-order valence-corrected chi connectivity index (χ4v) is 7.90. The number of piperazine rings is 1. The SMILES string of the molecule is [C-]#[N+]c1ccc(CN2CCC(NC(=O)c3ccc(C(=O)N4CCN(C(=O)c5ccc(C(=O)CC6CCN(Cc7ccc(C#N)cc7)CC6)nc5)CC4)cn3)CC2)cc1. The summed E-state index contributed by atoms with van der Waals surface area (Å²) in [5.41, 5.74) is 5.03. The molecule has 3 aliphatic rings. The van der Waals surface area contributed by atoms with E-state index in [9.17, 15) is 19.2 Å². The van der Waals surface area contributed by atoms with Gasteiger partial charge < -0.3 is 15.1 Å². The van der Waals surface area contributed by atoms with Crippen LogP contribution in [0.25, 0.3) is 4.85 Å². The van der Waals surface area contributed by atoms with Crippen molar-refractivity contribution < 1.29 is 19.2 Å². The summed E-state index contributed by atoms with van der Waals surface area (Å²) in [6.07, 6.45) is 6.84. The molecule has 3 fully saturated rings. The molecule has 0 spiro atoms. The van der Waals surface area contributed by atoms with Crippen LogP contribution in [-0.4, -0.2) is 111 Å². The maximum absolute atomic E-state index is 13.3. The minimum atomic E-state index is -0.264. The molecule has 3 amide bonds. The van der Waals surface area contributed by atoms with Crippen LogP contribution in [-0.2, 0) is 13.1 Å². The molecule has 2 aromatic heterocycles. The third-order valence-electron chi connectivity index (χ3n) is 11.5. The van der Waals surface area contributed by atoms with E-state index in [1.54, 1.807) is 34.1 Å². The summed E-state index contributed by atoms with van der Waals surface area (Å²) in [5.74, 6) is -0.394. The van der Waals surface area contributed by atoms with E-state index in [2.05, 4.69) is 36.0 Å². The van der Waals surface area contributed by atoms with Crippen LogP contribution in [0.2, 0.25) is 0 Å². The molecule has 0 unspecified atom stereocenters. The Morgan fingerprint density at radius 3 is 1.66 bits per heavy atom. The summed E-state index contributed by atoms with van der Waals surface area (Å²) in [4.78, 5) is 72.9. The number of aromatic nitrogens is 2. The summed E-state index contributed by atoms with van der Waals surface area (Å²) in [5, 5.41) is 12.1. The highest BCUT2D eigenvalue weighted by Gasteiger charge is 2.28. The molecule has 0 aliphatic carbocycles. The molecule has 4 aromatic rings.